The zero-order chi connectivity index (χ0) is 13.1. The number of rotatable bonds is 4. The first kappa shape index (κ1) is 12.9. The van der Waals surface area contributed by atoms with Gasteiger partial charge in [0.25, 0.3) is 0 Å². The average Bonchev–Trinajstić information content (AvgIpc) is 2.75. The van der Waals surface area contributed by atoms with E-state index in [9.17, 15) is 4.79 Å². The van der Waals surface area contributed by atoms with Gasteiger partial charge < -0.3 is 9.64 Å². The predicted molar refractivity (Wildman–Crippen MR) is 71.7 cm³/mol. The van der Waals surface area contributed by atoms with Crippen molar-refractivity contribution in [2.75, 3.05) is 13.7 Å². The Morgan fingerprint density at radius 2 is 2.17 bits per heavy atom. The third-order valence-corrected chi connectivity index (χ3v) is 3.46. The quantitative estimate of drug-likeness (QED) is 0.818. The van der Waals surface area contributed by atoms with Gasteiger partial charge in [-0.25, -0.2) is 0 Å². The molecule has 1 aromatic carbocycles. The van der Waals surface area contributed by atoms with Gasteiger partial charge >= 0.3 is 0 Å². The lowest BCUT2D eigenvalue weighted by atomic mass is 9.99. The first-order valence-electron chi connectivity index (χ1n) is 6.56. The molecule has 0 radical (unpaired) electrons. The van der Waals surface area contributed by atoms with Gasteiger partial charge in [0.05, 0.1) is 7.11 Å². The van der Waals surface area contributed by atoms with Crippen molar-refractivity contribution in [3.63, 3.8) is 0 Å². The standard InChI is InChI=1S/C15H21NO2/c1-11(2)13-9-12(6-7-14(13)18-3)10-16-8-4-5-15(16)17/h6-7,9,11H,4-5,8,10H2,1-3H3. The lowest BCUT2D eigenvalue weighted by molar-refractivity contribution is -0.128. The summed E-state index contributed by atoms with van der Waals surface area (Å²) in [6.07, 6.45) is 1.69. The summed E-state index contributed by atoms with van der Waals surface area (Å²) < 4.78 is 5.37. The number of hydrogen-bond acceptors (Lipinski definition) is 2. The number of nitrogens with zero attached hydrogens (tertiary/aromatic N) is 1. The second-order valence-electron chi connectivity index (χ2n) is 5.15. The molecule has 98 valence electrons. The molecule has 1 aliphatic heterocycles. The summed E-state index contributed by atoms with van der Waals surface area (Å²) in [5.41, 5.74) is 2.40. The lowest BCUT2D eigenvalue weighted by Crippen LogP contribution is -2.23. The van der Waals surface area contributed by atoms with Crippen LogP contribution >= 0.6 is 0 Å². The summed E-state index contributed by atoms with van der Waals surface area (Å²) >= 11 is 0. The van der Waals surface area contributed by atoms with Crippen LogP contribution in [0.1, 0.15) is 43.7 Å². The topological polar surface area (TPSA) is 29.5 Å². The number of carbonyl (C=O) groups excluding carboxylic acids is 1. The van der Waals surface area contributed by atoms with E-state index < -0.39 is 0 Å². The van der Waals surface area contributed by atoms with Crippen LogP contribution in [0.2, 0.25) is 0 Å². The van der Waals surface area contributed by atoms with Gasteiger partial charge in [-0.2, -0.15) is 0 Å². The van der Waals surface area contributed by atoms with Gasteiger partial charge in [-0.15, -0.1) is 0 Å². The number of likely N-dealkylation sites (tertiary alicyclic amines) is 1. The highest BCUT2D eigenvalue weighted by atomic mass is 16.5. The van der Waals surface area contributed by atoms with Crippen LogP contribution < -0.4 is 4.74 Å². The zero-order valence-corrected chi connectivity index (χ0v) is 11.4. The fourth-order valence-electron chi connectivity index (χ4n) is 2.42. The highest BCUT2D eigenvalue weighted by molar-refractivity contribution is 5.78. The fourth-order valence-corrected chi connectivity index (χ4v) is 2.42. The van der Waals surface area contributed by atoms with Gasteiger partial charge in [-0.1, -0.05) is 26.0 Å². The molecule has 18 heavy (non-hydrogen) atoms. The SMILES string of the molecule is COc1ccc(CN2CCCC2=O)cc1C(C)C. The Morgan fingerprint density at radius 3 is 2.72 bits per heavy atom. The van der Waals surface area contributed by atoms with Gasteiger partial charge in [0, 0.05) is 19.5 Å². The minimum absolute atomic E-state index is 0.275. The Hall–Kier alpha value is -1.51. The molecule has 0 atom stereocenters. The molecule has 1 aromatic rings. The number of amides is 1. The molecule has 1 saturated heterocycles. The van der Waals surface area contributed by atoms with E-state index in [0.29, 0.717) is 12.3 Å². The normalized spacial score (nSPS) is 15.6. The van der Waals surface area contributed by atoms with Crippen molar-refractivity contribution in [1.29, 1.82) is 0 Å². The van der Waals surface area contributed by atoms with Gasteiger partial charge in [-0.3, -0.25) is 4.79 Å². The summed E-state index contributed by atoms with van der Waals surface area (Å²) in [4.78, 5) is 13.6. The van der Waals surface area contributed by atoms with Gasteiger partial charge in [0.2, 0.25) is 5.91 Å². The van der Waals surface area contributed by atoms with Gasteiger partial charge in [-0.05, 0) is 29.5 Å². The molecule has 0 bridgehead atoms. The highest BCUT2D eigenvalue weighted by Crippen LogP contribution is 2.28. The molecule has 1 fully saturated rings. The van der Waals surface area contributed by atoms with E-state index >= 15 is 0 Å². The number of methoxy groups -OCH3 is 1. The number of carbonyl (C=O) groups is 1. The van der Waals surface area contributed by atoms with Crippen LogP contribution in [0.5, 0.6) is 5.75 Å². The zero-order valence-electron chi connectivity index (χ0n) is 11.4. The number of ether oxygens (including phenoxy) is 1. The minimum Gasteiger partial charge on any atom is -0.496 e. The van der Waals surface area contributed by atoms with Crippen molar-refractivity contribution < 1.29 is 9.53 Å². The van der Waals surface area contributed by atoms with E-state index in [4.69, 9.17) is 4.74 Å². The van der Waals surface area contributed by atoms with Gasteiger partial charge in [0.15, 0.2) is 0 Å². The minimum atomic E-state index is 0.275. The monoisotopic (exact) mass is 247 g/mol. The van der Waals surface area contributed by atoms with Crippen LogP contribution in [-0.4, -0.2) is 24.5 Å². The molecule has 3 nitrogen and oxygen atoms in total. The van der Waals surface area contributed by atoms with Crippen molar-refractivity contribution >= 4 is 5.91 Å². The summed E-state index contributed by atoms with van der Waals surface area (Å²) in [6.45, 7) is 5.93. The van der Waals surface area contributed by atoms with E-state index in [2.05, 4.69) is 26.0 Å². The Kier molecular flexibility index (Phi) is 3.90. The van der Waals surface area contributed by atoms with Crippen molar-refractivity contribution in [1.82, 2.24) is 4.90 Å². The predicted octanol–water partition coefficient (Wildman–Crippen LogP) is 2.94. The average molecular weight is 247 g/mol. The largest absolute Gasteiger partial charge is 0.496 e. The second kappa shape index (κ2) is 5.42. The molecule has 2 rings (SSSR count). The van der Waals surface area contributed by atoms with Crippen molar-refractivity contribution in [3.8, 4) is 5.75 Å². The molecule has 0 N–H and O–H groups in total. The first-order chi connectivity index (χ1) is 8.61. The van der Waals surface area contributed by atoms with E-state index in [0.717, 1.165) is 25.3 Å². The Bertz CT molecular complexity index is 440. The Balaban J connectivity index is 2.18. The molecular weight excluding hydrogens is 226 g/mol. The van der Waals surface area contributed by atoms with Crippen LogP contribution in [-0.2, 0) is 11.3 Å². The third kappa shape index (κ3) is 2.66. The summed E-state index contributed by atoms with van der Waals surface area (Å²) in [6, 6.07) is 6.22. The van der Waals surface area contributed by atoms with E-state index in [-0.39, 0.29) is 5.91 Å². The Labute approximate surface area is 109 Å². The van der Waals surface area contributed by atoms with Crippen LogP contribution in [0.25, 0.3) is 0 Å². The van der Waals surface area contributed by atoms with E-state index in [1.807, 2.05) is 11.0 Å². The fraction of sp³-hybridized carbons (Fsp3) is 0.533. The van der Waals surface area contributed by atoms with Crippen molar-refractivity contribution in [3.05, 3.63) is 29.3 Å². The molecular formula is C15H21NO2. The molecule has 0 unspecified atom stereocenters. The number of hydrogen-bond donors (Lipinski definition) is 0. The molecule has 1 aliphatic rings. The molecule has 0 saturated carbocycles. The Morgan fingerprint density at radius 1 is 1.39 bits per heavy atom. The molecule has 3 heteroatoms. The van der Waals surface area contributed by atoms with Crippen LogP contribution in [0.15, 0.2) is 18.2 Å². The smallest absolute Gasteiger partial charge is 0.222 e. The summed E-state index contributed by atoms with van der Waals surface area (Å²) in [7, 11) is 1.70. The van der Waals surface area contributed by atoms with E-state index in [1.165, 1.54) is 11.1 Å². The highest BCUT2D eigenvalue weighted by Gasteiger charge is 2.20. The molecule has 1 amide bonds. The molecule has 0 spiro atoms. The molecule has 0 aliphatic carbocycles. The lowest BCUT2D eigenvalue weighted by Gasteiger charge is -2.18. The second-order valence-corrected chi connectivity index (χ2v) is 5.15. The van der Waals surface area contributed by atoms with E-state index in [1.54, 1.807) is 7.11 Å². The van der Waals surface area contributed by atoms with Gasteiger partial charge in [0.1, 0.15) is 5.75 Å². The van der Waals surface area contributed by atoms with Crippen LogP contribution in [0, 0.1) is 0 Å². The van der Waals surface area contributed by atoms with Crippen LogP contribution in [0.3, 0.4) is 0 Å². The molecule has 1 heterocycles. The van der Waals surface area contributed by atoms with Crippen LogP contribution in [0.4, 0.5) is 0 Å². The first-order valence-corrected chi connectivity index (χ1v) is 6.56. The third-order valence-electron chi connectivity index (χ3n) is 3.46. The summed E-state index contributed by atoms with van der Waals surface area (Å²) in [5.74, 6) is 1.63. The van der Waals surface area contributed by atoms with Crippen molar-refractivity contribution in [2.45, 2.75) is 39.2 Å². The maximum Gasteiger partial charge on any atom is 0.222 e. The maximum atomic E-state index is 11.6. The number of benzene rings is 1. The van der Waals surface area contributed by atoms with Crippen molar-refractivity contribution in [2.24, 2.45) is 0 Å². The molecule has 0 aromatic heterocycles. The summed E-state index contributed by atoms with van der Waals surface area (Å²) in [5, 5.41) is 0. The maximum absolute atomic E-state index is 11.6.